The summed E-state index contributed by atoms with van der Waals surface area (Å²) in [7, 11) is 1.83. The Morgan fingerprint density at radius 1 is 1.42 bits per heavy atom. The Hall–Kier alpha value is -1.75. The smallest absolute Gasteiger partial charge is 0.281 e. The van der Waals surface area contributed by atoms with Crippen molar-refractivity contribution in [3.8, 4) is 11.3 Å². The van der Waals surface area contributed by atoms with Crippen molar-refractivity contribution in [1.82, 2.24) is 9.55 Å². The molecule has 0 radical (unpaired) electrons. The molecule has 5 heteroatoms. The van der Waals surface area contributed by atoms with Crippen molar-refractivity contribution in [2.75, 3.05) is 0 Å². The lowest BCUT2D eigenvalue weighted by molar-refractivity contribution is -0.0966. The van der Waals surface area contributed by atoms with Crippen molar-refractivity contribution in [1.29, 1.82) is 0 Å². The zero-order chi connectivity index (χ0) is 13.8. The van der Waals surface area contributed by atoms with Gasteiger partial charge in [0.25, 0.3) is 5.92 Å². The third-order valence-corrected chi connectivity index (χ3v) is 3.79. The highest BCUT2D eigenvalue weighted by Gasteiger charge is 2.47. The fourth-order valence-corrected chi connectivity index (χ4v) is 2.63. The molecule has 0 aliphatic heterocycles. The molecule has 0 fully saturated rings. The van der Waals surface area contributed by atoms with Crippen LogP contribution in [-0.2, 0) is 13.5 Å². The molecular formula is C14H14F2N2O. The van der Waals surface area contributed by atoms with E-state index in [-0.39, 0.29) is 0 Å². The van der Waals surface area contributed by atoms with Crippen molar-refractivity contribution in [3.63, 3.8) is 0 Å². The Kier molecular flexibility index (Phi) is 2.50. The minimum Gasteiger partial charge on any atom is -0.382 e. The zero-order valence-corrected chi connectivity index (χ0v) is 10.7. The Bertz CT molecular complexity index is 649. The van der Waals surface area contributed by atoms with Gasteiger partial charge in [0.2, 0.25) is 0 Å². The molecule has 2 aromatic rings. The van der Waals surface area contributed by atoms with E-state index in [9.17, 15) is 13.9 Å². The van der Waals surface area contributed by atoms with Crippen LogP contribution in [0.1, 0.15) is 23.1 Å². The Labute approximate surface area is 109 Å². The fraction of sp³-hybridized carbons (Fsp3) is 0.357. The van der Waals surface area contributed by atoms with E-state index >= 15 is 0 Å². The van der Waals surface area contributed by atoms with Gasteiger partial charge in [-0.1, -0.05) is 18.2 Å². The van der Waals surface area contributed by atoms with Crippen LogP contribution in [-0.4, -0.2) is 20.6 Å². The number of benzene rings is 1. The first kappa shape index (κ1) is 12.3. The monoisotopic (exact) mass is 264 g/mol. The van der Waals surface area contributed by atoms with Crippen LogP contribution in [0.4, 0.5) is 8.78 Å². The number of nitrogens with zero attached hydrogens (tertiary/aromatic N) is 2. The molecule has 3 nitrogen and oxygen atoms in total. The first-order valence-corrected chi connectivity index (χ1v) is 6.08. The van der Waals surface area contributed by atoms with Gasteiger partial charge in [-0.05, 0) is 18.1 Å². The van der Waals surface area contributed by atoms with E-state index in [1.54, 1.807) is 24.4 Å². The Balaban J connectivity index is 2.22. The van der Waals surface area contributed by atoms with Crippen molar-refractivity contribution in [3.05, 3.63) is 41.3 Å². The highest BCUT2D eigenvalue weighted by atomic mass is 19.3. The number of alkyl halides is 2. The van der Waals surface area contributed by atoms with Crippen LogP contribution >= 0.6 is 0 Å². The van der Waals surface area contributed by atoms with Gasteiger partial charge < -0.3 is 9.67 Å². The molecule has 19 heavy (non-hydrogen) atoms. The van der Waals surface area contributed by atoms with Gasteiger partial charge >= 0.3 is 0 Å². The molecule has 1 unspecified atom stereocenters. The number of rotatable bonds is 1. The molecule has 1 heterocycles. The van der Waals surface area contributed by atoms with E-state index in [0.717, 1.165) is 11.5 Å². The molecule has 0 amide bonds. The number of halogens is 2. The molecule has 1 aromatic heterocycles. The number of fused-ring (bicyclic) bond motifs is 1. The van der Waals surface area contributed by atoms with Crippen molar-refractivity contribution in [2.45, 2.75) is 25.4 Å². The molecular weight excluding hydrogens is 250 g/mol. The van der Waals surface area contributed by atoms with Gasteiger partial charge in [0.1, 0.15) is 11.9 Å². The summed E-state index contributed by atoms with van der Waals surface area (Å²) < 4.78 is 29.2. The second kappa shape index (κ2) is 3.87. The van der Waals surface area contributed by atoms with Crippen LogP contribution < -0.4 is 0 Å². The first-order chi connectivity index (χ1) is 8.92. The molecule has 1 atom stereocenters. The van der Waals surface area contributed by atoms with Gasteiger partial charge in [-0.2, -0.15) is 0 Å². The summed E-state index contributed by atoms with van der Waals surface area (Å²) in [5.41, 5.74) is 2.21. The quantitative estimate of drug-likeness (QED) is 0.859. The number of hydrogen-bond acceptors (Lipinski definition) is 2. The highest BCUT2D eigenvalue weighted by molar-refractivity contribution is 5.68. The maximum Gasteiger partial charge on any atom is 0.281 e. The minimum absolute atomic E-state index is 0.329. The van der Waals surface area contributed by atoms with Crippen LogP contribution in [0.15, 0.2) is 24.4 Å². The Morgan fingerprint density at radius 2 is 2.16 bits per heavy atom. The molecule has 3 rings (SSSR count). The molecule has 0 spiro atoms. The van der Waals surface area contributed by atoms with Gasteiger partial charge in [-0.15, -0.1) is 0 Å². The number of aliphatic hydroxyl groups is 1. The standard InChI is InChI=1S/C14H14F2N2O/c1-8-17-7-11(18(8)2)10-5-3-4-9-6-14(15,16)13(19)12(9)10/h3-5,7,13,19H,6H2,1-2H3. The molecule has 0 saturated heterocycles. The topological polar surface area (TPSA) is 38.1 Å². The van der Waals surface area contributed by atoms with Crippen LogP contribution in [0.5, 0.6) is 0 Å². The number of imidazole rings is 1. The van der Waals surface area contributed by atoms with E-state index in [1.807, 2.05) is 18.5 Å². The maximum atomic E-state index is 13.7. The van der Waals surface area contributed by atoms with Crippen LogP contribution in [0.25, 0.3) is 11.3 Å². The Morgan fingerprint density at radius 3 is 2.79 bits per heavy atom. The van der Waals surface area contributed by atoms with Crippen molar-refractivity contribution >= 4 is 0 Å². The molecule has 1 aromatic carbocycles. The van der Waals surface area contributed by atoms with E-state index in [1.165, 1.54) is 0 Å². The number of aromatic nitrogens is 2. The van der Waals surface area contributed by atoms with E-state index < -0.39 is 18.4 Å². The lowest BCUT2D eigenvalue weighted by atomic mass is 10.00. The first-order valence-electron chi connectivity index (χ1n) is 6.08. The zero-order valence-electron chi connectivity index (χ0n) is 10.7. The summed E-state index contributed by atoms with van der Waals surface area (Å²) in [6.07, 6.45) is -0.503. The molecule has 1 aliphatic rings. The van der Waals surface area contributed by atoms with E-state index in [2.05, 4.69) is 4.98 Å². The summed E-state index contributed by atoms with van der Waals surface area (Å²) in [5.74, 6) is -2.29. The number of aryl methyl sites for hydroxylation is 1. The van der Waals surface area contributed by atoms with E-state index in [4.69, 9.17) is 0 Å². The van der Waals surface area contributed by atoms with Gasteiger partial charge in [-0.3, -0.25) is 0 Å². The summed E-state index contributed by atoms with van der Waals surface area (Å²) in [6, 6.07) is 5.14. The SMILES string of the molecule is Cc1ncc(-c2cccc3c2C(O)C(F)(F)C3)n1C. The molecule has 100 valence electrons. The largest absolute Gasteiger partial charge is 0.382 e. The minimum atomic E-state index is -3.09. The third-order valence-electron chi connectivity index (χ3n) is 3.79. The second-order valence-corrected chi connectivity index (χ2v) is 4.97. The van der Waals surface area contributed by atoms with Gasteiger partial charge in [0.15, 0.2) is 0 Å². The second-order valence-electron chi connectivity index (χ2n) is 4.97. The normalized spacial score (nSPS) is 20.6. The average Bonchev–Trinajstić information content (AvgIpc) is 2.79. The van der Waals surface area contributed by atoms with Crippen LogP contribution in [0.2, 0.25) is 0 Å². The van der Waals surface area contributed by atoms with Crippen molar-refractivity contribution < 1.29 is 13.9 Å². The molecule has 1 aliphatic carbocycles. The highest BCUT2D eigenvalue weighted by Crippen LogP contribution is 2.46. The molecule has 0 saturated carbocycles. The van der Waals surface area contributed by atoms with Crippen LogP contribution in [0, 0.1) is 6.92 Å². The lowest BCUT2D eigenvalue weighted by Gasteiger charge is -2.16. The average molecular weight is 264 g/mol. The van der Waals surface area contributed by atoms with Gasteiger partial charge in [0.05, 0.1) is 11.9 Å². The van der Waals surface area contributed by atoms with Crippen LogP contribution in [0.3, 0.4) is 0 Å². The third kappa shape index (κ3) is 1.69. The van der Waals surface area contributed by atoms with E-state index in [0.29, 0.717) is 16.7 Å². The summed E-state index contributed by atoms with van der Waals surface area (Å²) in [6.45, 7) is 1.84. The predicted octanol–water partition coefficient (Wildman–Crippen LogP) is 2.62. The molecule has 1 N–H and O–H groups in total. The summed E-state index contributed by atoms with van der Waals surface area (Å²) in [5, 5.41) is 9.87. The number of aliphatic hydroxyl groups excluding tert-OH is 1. The summed E-state index contributed by atoms with van der Waals surface area (Å²) >= 11 is 0. The molecule has 0 bridgehead atoms. The van der Waals surface area contributed by atoms with Gasteiger partial charge in [-0.25, -0.2) is 13.8 Å². The van der Waals surface area contributed by atoms with Crippen molar-refractivity contribution in [2.24, 2.45) is 7.05 Å². The predicted molar refractivity (Wildman–Crippen MR) is 67.0 cm³/mol. The lowest BCUT2D eigenvalue weighted by Crippen LogP contribution is -2.21. The number of hydrogen-bond donors (Lipinski definition) is 1. The van der Waals surface area contributed by atoms with Gasteiger partial charge in [0, 0.05) is 19.0 Å². The summed E-state index contributed by atoms with van der Waals surface area (Å²) in [4.78, 5) is 4.17. The maximum absolute atomic E-state index is 13.7. The fourth-order valence-electron chi connectivity index (χ4n) is 2.63.